The molecule has 4 aliphatic rings. The van der Waals surface area contributed by atoms with Crippen molar-refractivity contribution in [3.8, 4) is 0 Å². The van der Waals surface area contributed by atoms with Crippen LogP contribution in [0.1, 0.15) is 47.4 Å². The molecule has 0 saturated carbocycles. The summed E-state index contributed by atoms with van der Waals surface area (Å²) >= 11 is 0. The van der Waals surface area contributed by atoms with E-state index in [1.54, 1.807) is 12.1 Å². The van der Waals surface area contributed by atoms with E-state index >= 15 is 0 Å². The van der Waals surface area contributed by atoms with Crippen LogP contribution in [0.15, 0.2) is 18.2 Å². The second-order valence-electron chi connectivity index (χ2n) is 10.0. The van der Waals surface area contributed by atoms with E-state index in [2.05, 4.69) is 29.8 Å². The third kappa shape index (κ3) is 4.17. The number of anilines is 1. The summed E-state index contributed by atoms with van der Waals surface area (Å²) in [6.07, 6.45) is 0.158. The predicted octanol–water partition coefficient (Wildman–Crippen LogP) is 0.801. The van der Waals surface area contributed by atoms with Crippen LogP contribution < -0.4 is 16.0 Å². The van der Waals surface area contributed by atoms with Gasteiger partial charge in [-0.2, -0.15) is 0 Å². The van der Waals surface area contributed by atoms with Gasteiger partial charge in [-0.05, 0) is 18.6 Å². The number of carbonyl (C=O) groups excluding carboxylic acids is 5. The zero-order valence-electron chi connectivity index (χ0n) is 19.5. The van der Waals surface area contributed by atoms with Crippen LogP contribution in [0.5, 0.6) is 0 Å². The molecule has 0 bridgehead atoms. The van der Waals surface area contributed by atoms with Gasteiger partial charge in [0.05, 0.1) is 17.7 Å². The van der Waals surface area contributed by atoms with Crippen molar-refractivity contribution >= 4 is 60.0 Å². The van der Waals surface area contributed by atoms with Gasteiger partial charge < -0.3 is 15.5 Å². The van der Waals surface area contributed by atoms with Gasteiger partial charge in [0.15, 0.2) is 0 Å². The number of nitrogens with zero attached hydrogens (tertiary/aromatic N) is 2. The Bertz CT molecular complexity index is 1100. The standard InChI is InChI=1S/C23H27N5O5.2ClH/c1-22-9-24-10-23(22,2)12-27(11-22)17(30)8-25-14-5-3-4-13-18(14)21(33)28(20(13)32)15-6-7-16(29)26-19(15)31;;/h3-5,15,24-25H,6-12H2,1-2H3,(H,26,29,31);2*1H/t15?,22-,23+;;. The molecule has 190 valence electrons. The topological polar surface area (TPSA) is 128 Å². The van der Waals surface area contributed by atoms with Crippen LogP contribution >= 0.6 is 24.8 Å². The van der Waals surface area contributed by atoms with E-state index in [-0.39, 0.29) is 72.1 Å². The van der Waals surface area contributed by atoms with Gasteiger partial charge in [0.25, 0.3) is 11.8 Å². The van der Waals surface area contributed by atoms with Gasteiger partial charge >= 0.3 is 0 Å². The van der Waals surface area contributed by atoms with Crippen molar-refractivity contribution in [2.24, 2.45) is 10.8 Å². The highest BCUT2D eigenvalue weighted by atomic mass is 35.5. The molecule has 35 heavy (non-hydrogen) atoms. The highest BCUT2D eigenvalue weighted by Gasteiger charge is 2.55. The van der Waals surface area contributed by atoms with Crippen LogP contribution in [0.25, 0.3) is 0 Å². The first-order valence-corrected chi connectivity index (χ1v) is 11.2. The van der Waals surface area contributed by atoms with Gasteiger partial charge in [0, 0.05) is 49.1 Å². The lowest BCUT2D eigenvalue weighted by atomic mass is 9.71. The minimum Gasteiger partial charge on any atom is -0.375 e. The van der Waals surface area contributed by atoms with Crippen LogP contribution in [-0.4, -0.2) is 78.1 Å². The molecule has 3 atom stereocenters. The van der Waals surface area contributed by atoms with Crippen molar-refractivity contribution in [3.05, 3.63) is 29.3 Å². The Hall–Kier alpha value is -2.69. The summed E-state index contributed by atoms with van der Waals surface area (Å²) in [5.74, 6) is -2.30. The Balaban J connectivity index is 0.00000171. The largest absolute Gasteiger partial charge is 0.375 e. The molecule has 5 rings (SSSR count). The molecule has 4 heterocycles. The monoisotopic (exact) mass is 525 g/mol. The molecule has 0 radical (unpaired) electrons. The maximum absolute atomic E-state index is 13.2. The number of carbonyl (C=O) groups is 5. The molecule has 4 aliphatic heterocycles. The summed E-state index contributed by atoms with van der Waals surface area (Å²) in [6.45, 7) is 7.49. The fourth-order valence-corrected chi connectivity index (χ4v) is 5.55. The average molecular weight is 526 g/mol. The number of amides is 5. The van der Waals surface area contributed by atoms with Crippen LogP contribution in [0.4, 0.5) is 5.69 Å². The Kier molecular flexibility index (Phi) is 7.23. The summed E-state index contributed by atoms with van der Waals surface area (Å²) < 4.78 is 0. The van der Waals surface area contributed by atoms with Gasteiger partial charge in [-0.3, -0.25) is 34.2 Å². The van der Waals surface area contributed by atoms with Crippen molar-refractivity contribution in [3.63, 3.8) is 0 Å². The molecule has 0 aliphatic carbocycles. The zero-order valence-corrected chi connectivity index (χ0v) is 21.1. The first-order valence-electron chi connectivity index (χ1n) is 11.2. The molecule has 0 spiro atoms. The molecular weight excluding hydrogens is 497 g/mol. The Labute approximate surface area is 215 Å². The average Bonchev–Trinajstić information content (AvgIpc) is 3.29. The third-order valence-corrected chi connectivity index (χ3v) is 7.82. The summed E-state index contributed by atoms with van der Waals surface area (Å²) in [4.78, 5) is 65.6. The van der Waals surface area contributed by atoms with Crippen LogP contribution in [0.3, 0.4) is 0 Å². The number of halogens is 2. The second kappa shape index (κ2) is 9.40. The normalized spacial score (nSPS) is 29.3. The third-order valence-electron chi connectivity index (χ3n) is 7.82. The molecule has 0 aromatic heterocycles. The van der Waals surface area contributed by atoms with Crippen molar-refractivity contribution in [2.75, 3.05) is 38.0 Å². The maximum atomic E-state index is 13.2. The highest BCUT2D eigenvalue weighted by molar-refractivity contribution is 6.25. The molecule has 1 aromatic rings. The molecule has 5 amide bonds. The van der Waals surface area contributed by atoms with Crippen molar-refractivity contribution < 1.29 is 24.0 Å². The van der Waals surface area contributed by atoms with Crippen molar-refractivity contribution in [1.29, 1.82) is 0 Å². The van der Waals surface area contributed by atoms with Crippen LogP contribution in [-0.2, 0) is 14.4 Å². The summed E-state index contributed by atoms with van der Waals surface area (Å²) in [5.41, 5.74) is 0.779. The number of hydrogen-bond donors (Lipinski definition) is 3. The van der Waals surface area contributed by atoms with Gasteiger partial charge in [-0.15, -0.1) is 24.8 Å². The Morgan fingerprint density at radius 2 is 1.71 bits per heavy atom. The highest BCUT2D eigenvalue weighted by Crippen LogP contribution is 2.48. The van der Waals surface area contributed by atoms with Gasteiger partial charge in [-0.25, -0.2) is 0 Å². The predicted molar refractivity (Wildman–Crippen MR) is 132 cm³/mol. The Morgan fingerprint density at radius 3 is 2.34 bits per heavy atom. The van der Waals surface area contributed by atoms with E-state index in [0.717, 1.165) is 18.0 Å². The summed E-state index contributed by atoms with van der Waals surface area (Å²) in [5, 5.41) is 8.65. The fraction of sp³-hybridized carbons (Fsp3) is 0.522. The molecule has 12 heteroatoms. The first-order chi connectivity index (χ1) is 15.6. The van der Waals surface area contributed by atoms with Gasteiger partial charge in [-0.1, -0.05) is 19.9 Å². The SMILES string of the molecule is C[C@@]12CNC[C@]1(C)CN(C(=O)CNc1cccc3c1C(=O)N(C1CCC(=O)NC1=O)C3=O)C2.Cl.Cl. The number of hydrogen-bond acceptors (Lipinski definition) is 7. The molecule has 1 unspecified atom stereocenters. The van der Waals surface area contributed by atoms with Crippen LogP contribution in [0.2, 0.25) is 0 Å². The van der Waals surface area contributed by atoms with E-state index in [0.29, 0.717) is 18.8 Å². The molecule has 3 fully saturated rings. The number of benzene rings is 1. The smallest absolute Gasteiger partial charge is 0.264 e. The summed E-state index contributed by atoms with van der Waals surface area (Å²) in [7, 11) is 0. The number of imide groups is 2. The minimum atomic E-state index is -1.02. The van der Waals surface area contributed by atoms with E-state index < -0.39 is 29.7 Å². The lowest BCUT2D eigenvalue weighted by Gasteiger charge is -2.30. The number of fused-ring (bicyclic) bond motifs is 2. The van der Waals surface area contributed by atoms with Gasteiger partial charge in [0.2, 0.25) is 17.7 Å². The zero-order chi connectivity index (χ0) is 23.5. The molecule has 1 aromatic carbocycles. The maximum Gasteiger partial charge on any atom is 0.264 e. The molecule has 3 saturated heterocycles. The minimum absolute atomic E-state index is 0. The van der Waals surface area contributed by atoms with E-state index in [1.807, 2.05) is 4.90 Å². The number of likely N-dealkylation sites (tertiary alicyclic amines) is 1. The number of rotatable bonds is 4. The summed E-state index contributed by atoms with van der Waals surface area (Å²) in [6, 6.07) is 3.80. The lowest BCUT2D eigenvalue weighted by Crippen LogP contribution is -2.54. The van der Waals surface area contributed by atoms with Gasteiger partial charge in [0.1, 0.15) is 6.04 Å². The first kappa shape index (κ1) is 26.9. The second-order valence-corrected chi connectivity index (χ2v) is 10.0. The van der Waals surface area contributed by atoms with Crippen molar-refractivity contribution in [2.45, 2.75) is 32.7 Å². The molecule has 10 nitrogen and oxygen atoms in total. The lowest BCUT2D eigenvalue weighted by molar-refractivity contribution is -0.136. The quantitative estimate of drug-likeness (QED) is 0.496. The molecule has 3 N–H and O–H groups in total. The number of nitrogens with one attached hydrogen (secondary N) is 3. The van der Waals surface area contributed by atoms with Crippen LogP contribution in [0, 0.1) is 10.8 Å². The number of piperidine rings is 1. The molecular formula is C23H29Cl2N5O5. The van der Waals surface area contributed by atoms with Crippen molar-refractivity contribution in [1.82, 2.24) is 20.4 Å². The van der Waals surface area contributed by atoms with E-state index in [1.165, 1.54) is 6.07 Å². The van der Waals surface area contributed by atoms with E-state index in [4.69, 9.17) is 0 Å². The fourth-order valence-electron chi connectivity index (χ4n) is 5.55. The van der Waals surface area contributed by atoms with E-state index in [9.17, 15) is 24.0 Å². The Morgan fingerprint density at radius 1 is 1.06 bits per heavy atom.